The minimum absolute atomic E-state index is 0.212. The van der Waals surface area contributed by atoms with E-state index >= 15 is 0 Å². The molecule has 0 spiro atoms. The van der Waals surface area contributed by atoms with E-state index in [1.54, 1.807) is 23.9 Å². The number of allylic oxidation sites excluding steroid dienone is 2. The number of dihydropyridines is 1. The molecule has 0 amide bonds. The van der Waals surface area contributed by atoms with Gasteiger partial charge in [0.25, 0.3) is 0 Å². The van der Waals surface area contributed by atoms with Crippen molar-refractivity contribution >= 4 is 17.3 Å². The van der Waals surface area contributed by atoms with Gasteiger partial charge in [0.1, 0.15) is 10.5 Å². The third-order valence-corrected chi connectivity index (χ3v) is 7.81. The molecule has 0 saturated heterocycles. The van der Waals surface area contributed by atoms with E-state index in [0.29, 0.717) is 11.7 Å². The molecule has 9 heteroatoms. The first kappa shape index (κ1) is 21.7. The Kier molecular flexibility index (Phi) is 5.41. The van der Waals surface area contributed by atoms with Crippen LogP contribution in [0.1, 0.15) is 36.5 Å². The fourth-order valence-corrected chi connectivity index (χ4v) is 5.61. The molecule has 6 rings (SSSR count). The highest BCUT2D eigenvalue weighted by molar-refractivity contribution is 8.00. The van der Waals surface area contributed by atoms with E-state index < -0.39 is 0 Å². The number of phenolic OH excluding ortho intramolecular Hbond substituents is 1. The van der Waals surface area contributed by atoms with Crippen molar-refractivity contribution in [2.75, 3.05) is 6.54 Å². The van der Waals surface area contributed by atoms with Crippen molar-refractivity contribution in [1.82, 2.24) is 30.2 Å². The largest absolute Gasteiger partial charge is 0.508 e. The molecule has 35 heavy (non-hydrogen) atoms. The molecular formula is C26H24N6O2S. The molecule has 2 aromatic carbocycles. The molecule has 8 nitrogen and oxygen atoms in total. The SMILES string of the molecule is Cc1ccc(-c2noc(C3(Sc4nnc(C5=CCNC=C5)n4-c4ccc(O)cc4)CCC3)n2)cc1. The molecule has 2 aromatic heterocycles. The zero-order chi connectivity index (χ0) is 23.8. The summed E-state index contributed by atoms with van der Waals surface area (Å²) in [7, 11) is 0. The standard InChI is InChI=1S/C26H24N6O2S/c1-17-3-5-18(6-4-17)22-28-24(34-31-22)26(13-2-14-26)35-25-30-29-23(19-11-15-27-16-12-19)32(25)20-7-9-21(33)10-8-20/h3-12,15,27,33H,2,13-14,16H2,1H3. The zero-order valence-electron chi connectivity index (χ0n) is 19.2. The van der Waals surface area contributed by atoms with Gasteiger partial charge in [0, 0.05) is 23.4 Å². The molecule has 1 saturated carbocycles. The van der Waals surface area contributed by atoms with Crippen molar-refractivity contribution < 1.29 is 9.63 Å². The van der Waals surface area contributed by atoms with Crippen molar-refractivity contribution in [2.45, 2.75) is 36.1 Å². The van der Waals surface area contributed by atoms with Crippen molar-refractivity contribution in [1.29, 1.82) is 0 Å². The number of nitrogens with one attached hydrogen (secondary N) is 1. The van der Waals surface area contributed by atoms with Crippen molar-refractivity contribution in [3.8, 4) is 22.8 Å². The van der Waals surface area contributed by atoms with Crippen molar-refractivity contribution in [2.24, 2.45) is 0 Å². The third-order valence-electron chi connectivity index (χ3n) is 6.39. The lowest BCUT2D eigenvalue weighted by atomic mass is 9.84. The lowest BCUT2D eigenvalue weighted by molar-refractivity contribution is 0.264. The lowest BCUT2D eigenvalue weighted by Crippen LogP contribution is -2.31. The Bertz CT molecular complexity index is 1420. The first-order valence-electron chi connectivity index (χ1n) is 11.6. The minimum Gasteiger partial charge on any atom is -0.508 e. The lowest BCUT2D eigenvalue weighted by Gasteiger charge is -2.37. The number of aromatic hydroxyl groups is 1. The summed E-state index contributed by atoms with van der Waals surface area (Å²) >= 11 is 1.62. The number of phenols is 1. The highest BCUT2D eigenvalue weighted by Gasteiger charge is 2.46. The second-order valence-corrected chi connectivity index (χ2v) is 10.1. The van der Waals surface area contributed by atoms with Crippen LogP contribution in [0, 0.1) is 6.92 Å². The van der Waals surface area contributed by atoms with E-state index in [1.165, 1.54) is 5.56 Å². The fraction of sp³-hybridized carbons (Fsp3) is 0.231. The molecule has 3 heterocycles. The van der Waals surface area contributed by atoms with E-state index in [0.717, 1.165) is 53.6 Å². The monoisotopic (exact) mass is 484 g/mol. The Morgan fingerprint density at radius 2 is 1.86 bits per heavy atom. The smallest absolute Gasteiger partial charge is 0.243 e. The molecule has 0 atom stereocenters. The van der Waals surface area contributed by atoms with Crippen LogP contribution in [0.2, 0.25) is 0 Å². The van der Waals surface area contributed by atoms with Crippen LogP contribution in [0.4, 0.5) is 0 Å². The second kappa shape index (κ2) is 8.74. The highest BCUT2D eigenvalue weighted by atomic mass is 32.2. The average Bonchev–Trinajstić information content (AvgIpc) is 3.51. The summed E-state index contributed by atoms with van der Waals surface area (Å²) in [5.74, 6) is 2.17. The summed E-state index contributed by atoms with van der Waals surface area (Å²) in [4.78, 5) is 4.79. The average molecular weight is 485 g/mol. The van der Waals surface area contributed by atoms with E-state index in [-0.39, 0.29) is 10.5 Å². The van der Waals surface area contributed by atoms with Gasteiger partial charge in [-0.25, -0.2) is 0 Å². The van der Waals surface area contributed by atoms with E-state index in [4.69, 9.17) is 9.51 Å². The number of hydrogen-bond acceptors (Lipinski definition) is 8. The van der Waals surface area contributed by atoms with Gasteiger partial charge in [-0.1, -0.05) is 52.8 Å². The zero-order valence-corrected chi connectivity index (χ0v) is 20.0. The molecule has 1 aliphatic heterocycles. The van der Waals surface area contributed by atoms with Crippen LogP contribution >= 0.6 is 11.8 Å². The summed E-state index contributed by atoms with van der Waals surface area (Å²) < 4.78 is 7.49. The number of thioether (sulfide) groups is 1. The highest BCUT2D eigenvalue weighted by Crippen LogP contribution is 2.54. The van der Waals surface area contributed by atoms with Gasteiger partial charge < -0.3 is 14.9 Å². The summed E-state index contributed by atoms with van der Waals surface area (Å²) in [6.07, 6.45) is 8.89. The van der Waals surface area contributed by atoms with Crippen LogP contribution in [0.5, 0.6) is 5.75 Å². The van der Waals surface area contributed by atoms with Crippen LogP contribution in [0.15, 0.2) is 76.6 Å². The maximum atomic E-state index is 9.83. The summed E-state index contributed by atoms with van der Waals surface area (Å²) in [5.41, 5.74) is 3.98. The summed E-state index contributed by atoms with van der Waals surface area (Å²) in [6, 6.07) is 15.2. The molecule has 176 valence electrons. The van der Waals surface area contributed by atoms with Gasteiger partial charge in [-0.05, 0) is 62.7 Å². The van der Waals surface area contributed by atoms with Gasteiger partial charge in [-0.15, -0.1) is 10.2 Å². The Balaban J connectivity index is 1.38. The predicted molar refractivity (Wildman–Crippen MR) is 134 cm³/mol. The normalized spacial score (nSPS) is 16.4. The van der Waals surface area contributed by atoms with E-state index in [1.807, 2.05) is 53.2 Å². The Labute approximate surface area is 206 Å². The predicted octanol–water partition coefficient (Wildman–Crippen LogP) is 5.00. The molecule has 0 radical (unpaired) electrons. The van der Waals surface area contributed by atoms with E-state index in [9.17, 15) is 5.11 Å². The van der Waals surface area contributed by atoms with Gasteiger partial charge in [-0.2, -0.15) is 4.98 Å². The molecule has 0 unspecified atom stereocenters. The van der Waals surface area contributed by atoms with Gasteiger partial charge >= 0.3 is 0 Å². The first-order chi connectivity index (χ1) is 17.1. The summed E-state index contributed by atoms with van der Waals surface area (Å²) in [5, 5.41) is 27.2. The number of nitrogens with zero attached hydrogens (tertiary/aromatic N) is 5. The maximum absolute atomic E-state index is 9.83. The Morgan fingerprint density at radius 3 is 2.54 bits per heavy atom. The molecule has 1 fully saturated rings. The second-order valence-electron chi connectivity index (χ2n) is 8.80. The number of aryl methyl sites for hydroxylation is 1. The third kappa shape index (κ3) is 4.01. The Hall–Kier alpha value is -3.85. The quantitative estimate of drug-likeness (QED) is 0.394. The van der Waals surface area contributed by atoms with Crippen LogP contribution in [-0.4, -0.2) is 36.6 Å². The van der Waals surface area contributed by atoms with Crippen LogP contribution < -0.4 is 5.32 Å². The van der Waals surface area contributed by atoms with Crippen LogP contribution in [0.3, 0.4) is 0 Å². The minimum atomic E-state index is -0.354. The number of aromatic nitrogens is 5. The first-order valence-corrected chi connectivity index (χ1v) is 12.4. The van der Waals surface area contributed by atoms with Gasteiger partial charge in [0.05, 0.1) is 0 Å². The van der Waals surface area contributed by atoms with Crippen LogP contribution in [-0.2, 0) is 4.75 Å². The fourth-order valence-electron chi connectivity index (χ4n) is 4.24. The Morgan fingerprint density at radius 1 is 1.06 bits per heavy atom. The number of benzene rings is 2. The molecule has 4 aromatic rings. The van der Waals surface area contributed by atoms with Gasteiger partial charge in [-0.3, -0.25) is 4.57 Å². The topological polar surface area (TPSA) is 102 Å². The molecule has 2 aliphatic rings. The molecule has 0 bridgehead atoms. The number of rotatable bonds is 6. The summed E-state index contributed by atoms with van der Waals surface area (Å²) in [6.45, 7) is 2.78. The van der Waals surface area contributed by atoms with Crippen molar-refractivity contribution in [3.05, 3.63) is 84.2 Å². The van der Waals surface area contributed by atoms with Gasteiger partial charge in [0.2, 0.25) is 11.7 Å². The molecule has 2 N–H and O–H groups in total. The molecular weight excluding hydrogens is 460 g/mol. The van der Waals surface area contributed by atoms with E-state index in [2.05, 4.69) is 33.7 Å². The van der Waals surface area contributed by atoms with Gasteiger partial charge in [0.15, 0.2) is 11.0 Å². The van der Waals surface area contributed by atoms with Crippen LogP contribution in [0.25, 0.3) is 22.6 Å². The number of hydrogen-bond donors (Lipinski definition) is 2. The van der Waals surface area contributed by atoms with Crippen molar-refractivity contribution in [3.63, 3.8) is 0 Å². The maximum Gasteiger partial charge on any atom is 0.243 e. The molecule has 1 aliphatic carbocycles.